The fraction of sp³-hybridized carbons (Fsp3) is 0.481. The van der Waals surface area contributed by atoms with Gasteiger partial charge in [-0.05, 0) is 47.6 Å². The van der Waals surface area contributed by atoms with Gasteiger partial charge in [0.25, 0.3) is 5.91 Å². The molecule has 2 aliphatic heterocycles. The Balaban J connectivity index is 1.42. The third-order valence-corrected chi connectivity index (χ3v) is 7.71. The number of hydrogen-bond acceptors (Lipinski definition) is 5. The fourth-order valence-corrected chi connectivity index (χ4v) is 5.82. The summed E-state index contributed by atoms with van der Waals surface area (Å²) in [6, 6.07) is 5.25. The van der Waals surface area contributed by atoms with Gasteiger partial charge in [-0.3, -0.25) is 9.59 Å². The monoisotopic (exact) mass is 510 g/mol. The van der Waals surface area contributed by atoms with Crippen molar-refractivity contribution in [2.75, 3.05) is 32.1 Å². The zero-order valence-electron chi connectivity index (χ0n) is 21.2. The lowest BCUT2D eigenvalue weighted by atomic mass is 9.86. The molecule has 1 aromatic heterocycles. The van der Waals surface area contributed by atoms with Crippen LogP contribution < -0.4 is 10.1 Å². The standard InChI is InChI=1S/C27H31FN4O5/c1-27(2)8-6-16-11-17(12-19(28)23(16)27)29-25(35)24-18-4-5-21(37-3)30-20(18)7-9-32(24)26(36)31-13-15(14-31)10-22(33)34/h4-5,11-12,15,24H,6-10,13-14H2,1-3H3,(H,29,35)(H,33,34)/t24-/m1/s1. The van der Waals surface area contributed by atoms with Crippen LogP contribution in [0.2, 0.25) is 0 Å². The van der Waals surface area contributed by atoms with E-state index in [0.29, 0.717) is 47.9 Å². The maximum Gasteiger partial charge on any atom is 0.320 e. The van der Waals surface area contributed by atoms with Crippen molar-refractivity contribution in [1.82, 2.24) is 14.8 Å². The van der Waals surface area contributed by atoms with Crippen molar-refractivity contribution >= 4 is 23.6 Å². The van der Waals surface area contributed by atoms with E-state index in [1.54, 1.807) is 17.0 Å². The fourth-order valence-electron chi connectivity index (χ4n) is 5.82. The van der Waals surface area contributed by atoms with Crippen molar-refractivity contribution in [1.29, 1.82) is 0 Å². The Labute approximate surface area is 214 Å². The lowest BCUT2D eigenvalue weighted by molar-refractivity contribution is -0.139. The number of carbonyl (C=O) groups is 3. The summed E-state index contributed by atoms with van der Waals surface area (Å²) in [5, 5.41) is 11.9. The number of halogens is 1. The summed E-state index contributed by atoms with van der Waals surface area (Å²) >= 11 is 0. The number of carbonyl (C=O) groups excluding carboxylic acids is 2. The first kappa shape index (κ1) is 25.0. The maximum absolute atomic E-state index is 15.1. The lowest BCUT2D eigenvalue weighted by Gasteiger charge is -2.44. The number of methoxy groups -OCH3 is 1. The number of anilines is 1. The predicted molar refractivity (Wildman–Crippen MR) is 133 cm³/mol. The van der Waals surface area contributed by atoms with Gasteiger partial charge < -0.3 is 25.0 Å². The molecular formula is C27H31FN4O5. The van der Waals surface area contributed by atoms with Gasteiger partial charge in [0, 0.05) is 49.3 Å². The van der Waals surface area contributed by atoms with Crippen LogP contribution in [0.15, 0.2) is 24.3 Å². The SMILES string of the molecule is COc1ccc2c(n1)CCN(C(=O)N1CC(CC(=O)O)C1)[C@H]2C(=O)Nc1cc(F)c2c(c1)CCC2(C)C. The van der Waals surface area contributed by atoms with Crippen LogP contribution in [0, 0.1) is 11.7 Å². The van der Waals surface area contributed by atoms with Gasteiger partial charge in [-0.2, -0.15) is 0 Å². The van der Waals surface area contributed by atoms with Gasteiger partial charge in [0.1, 0.15) is 11.9 Å². The van der Waals surface area contributed by atoms with Crippen LogP contribution in [0.4, 0.5) is 14.9 Å². The molecule has 0 unspecified atom stereocenters. The van der Waals surface area contributed by atoms with Gasteiger partial charge in [0.2, 0.25) is 5.88 Å². The van der Waals surface area contributed by atoms with E-state index in [9.17, 15) is 14.4 Å². The van der Waals surface area contributed by atoms with Gasteiger partial charge in [0.15, 0.2) is 0 Å². The van der Waals surface area contributed by atoms with Crippen molar-refractivity contribution < 1.29 is 28.6 Å². The molecule has 0 saturated carbocycles. The first-order valence-corrected chi connectivity index (χ1v) is 12.5. The molecule has 10 heteroatoms. The van der Waals surface area contributed by atoms with Crippen molar-refractivity contribution in [3.8, 4) is 5.88 Å². The number of rotatable bonds is 5. The highest BCUT2D eigenvalue weighted by Crippen LogP contribution is 2.41. The van der Waals surface area contributed by atoms with E-state index in [-0.39, 0.29) is 36.1 Å². The van der Waals surface area contributed by atoms with Gasteiger partial charge in [-0.25, -0.2) is 14.2 Å². The minimum Gasteiger partial charge on any atom is -0.481 e. The van der Waals surface area contributed by atoms with Gasteiger partial charge in [0.05, 0.1) is 19.2 Å². The average Bonchev–Trinajstić information content (AvgIpc) is 3.13. The minimum atomic E-state index is -0.971. The number of aliphatic carboxylic acids is 1. The summed E-state index contributed by atoms with van der Waals surface area (Å²) in [6.07, 6.45) is 2.01. The van der Waals surface area contributed by atoms with Crippen LogP contribution in [0.1, 0.15) is 55.1 Å². The average molecular weight is 511 g/mol. The molecule has 0 radical (unpaired) electrons. The van der Waals surface area contributed by atoms with E-state index in [2.05, 4.69) is 10.3 Å². The smallest absolute Gasteiger partial charge is 0.320 e. The quantitative estimate of drug-likeness (QED) is 0.637. The minimum absolute atomic E-state index is 0.000934. The first-order chi connectivity index (χ1) is 17.6. The Kier molecular flexibility index (Phi) is 6.29. The number of aryl methyl sites for hydroxylation is 1. The Morgan fingerprint density at radius 2 is 1.97 bits per heavy atom. The highest BCUT2D eigenvalue weighted by atomic mass is 19.1. The second-order valence-corrected chi connectivity index (χ2v) is 10.8. The zero-order valence-corrected chi connectivity index (χ0v) is 21.2. The zero-order chi connectivity index (χ0) is 26.5. The highest BCUT2D eigenvalue weighted by Gasteiger charge is 2.42. The van der Waals surface area contributed by atoms with Crippen molar-refractivity contribution in [3.05, 3.63) is 52.5 Å². The number of aromatic nitrogens is 1. The predicted octanol–water partition coefficient (Wildman–Crippen LogP) is 3.52. The molecule has 3 aliphatic rings. The van der Waals surface area contributed by atoms with E-state index in [1.807, 2.05) is 19.9 Å². The Morgan fingerprint density at radius 3 is 2.68 bits per heavy atom. The van der Waals surface area contributed by atoms with Crippen LogP contribution in [-0.4, -0.2) is 64.5 Å². The second kappa shape index (κ2) is 9.32. The molecule has 1 aromatic carbocycles. The number of likely N-dealkylation sites (tertiary alicyclic amines) is 1. The normalized spacial score (nSPS) is 20.1. The summed E-state index contributed by atoms with van der Waals surface area (Å²) in [5.41, 5.74) is 2.92. The summed E-state index contributed by atoms with van der Waals surface area (Å²) in [6.45, 7) is 4.95. The van der Waals surface area contributed by atoms with Crippen LogP contribution in [0.5, 0.6) is 5.88 Å². The highest BCUT2D eigenvalue weighted by molar-refractivity contribution is 5.98. The van der Waals surface area contributed by atoms with Crippen LogP contribution >= 0.6 is 0 Å². The molecule has 0 spiro atoms. The van der Waals surface area contributed by atoms with Crippen LogP contribution in [0.25, 0.3) is 0 Å². The molecule has 5 rings (SSSR count). The van der Waals surface area contributed by atoms with E-state index in [0.717, 1.165) is 18.4 Å². The Hall–Kier alpha value is -3.69. The number of nitrogens with zero attached hydrogens (tertiary/aromatic N) is 3. The molecule has 1 fully saturated rings. The lowest BCUT2D eigenvalue weighted by Crippen LogP contribution is -2.58. The molecule has 3 amide bonds. The topological polar surface area (TPSA) is 112 Å². The van der Waals surface area contributed by atoms with Crippen LogP contribution in [-0.2, 0) is 27.8 Å². The number of ether oxygens (including phenoxy) is 1. The molecule has 2 aromatic rings. The number of nitrogens with one attached hydrogen (secondary N) is 1. The number of benzene rings is 1. The first-order valence-electron chi connectivity index (χ1n) is 12.5. The molecule has 2 N–H and O–H groups in total. The molecule has 9 nitrogen and oxygen atoms in total. The Morgan fingerprint density at radius 1 is 1.22 bits per heavy atom. The number of carboxylic acid groups (broad SMARTS) is 1. The van der Waals surface area contributed by atoms with Crippen molar-refractivity contribution in [2.24, 2.45) is 5.92 Å². The number of fused-ring (bicyclic) bond motifs is 2. The van der Waals surface area contributed by atoms with E-state index < -0.39 is 17.9 Å². The third kappa shape index (κ3) is 4.60. The van der Waals surface area contributed by atoms with Gasteiger partial charge in [-0.1, -0.05) is 13.8 Å². The molecule has 3 heterocycles. The van der Waals surface area contributed by atoms with Gasteiger partial charge >= 0.3 is 12.0 Å². The number of pyridine rings is 1. The van der Waals surface area contributed by atoms with Crippen LogP contribution in [0.3, 0.4) is 0 Å². The van der Waals surface area contributed by atoms with Crippen molar-refractivity contribution in [3.63, 3.8) is 0 Å². The summed E-state index contributed by atoms with van der Waals surface area (Å²) in [7, 11) is 1.51. The molecule has 196 valence electrons. The molecular weight excluding hydrogens is 479 g/mol. The summed E-state index contributed by atoms with van der Waals surface area (Å²) in [5.74, 6) is -1.38. The third-order valence-electron chi connectivity index (χ3n) is 7.71. The number of amides is 3. The molecule has 37 heavy (non-hydrogen) atoms. The number of hydrogen-bond donors (Lipinski definition) is 2. The largest absolute Gasteiger partial charge is 0.481 e. The maximum atomic E-state index is 15.1. The number of urea groups is 1. The molecule has 1 aliphatic carbocycles. The van der Waals surface area contributed by atoms with Gasteiger partial charge in [-0.15, -0.1) is 0 Å². The number of carboxylic acids is 1. The second-order valence-electron chi connectivity index (χ2n) is 10.8. The van der Waals surface area contributed by atoms with E-state index >= 15 is 4.39 Å². The summed E-state index contributed by atoms with van der Waals surface area (Å²) in [4.78, 5) is 45.7. The van der Waals surface area contributed by atoms with E-state index in [4.69, 9.17) is 9.84 Å². The van der Waals surface area contributed by atoms with E-state index in [1.165, 1.54) is 18.1 Å². The molecule has 0 bridgehead atoms. The molecule has 1 atom stereocenters. The molecule has 1 saturated heterocycles. The summed E-state index contributed by atoms with van der Waals surface area (Å²) < 4.78 is 20.3. The Bertz CT molecular complexity index is 1270. The van der Waals surface area contributed by atoms with Crippen molar-refractivity contribution in [2.45, 2.75) is 51.0 Å².